The summed E-state index contributed by atoms with van der Waals surface area (Å²) in [7, 11) is 0. The first-order valence-electron chi connectivity index (χ1n) is 6.35. The molecule has 0 saturated heterocycles. The van der Waals surface area contributed by atoms with Gasteiger partial charge in [-0.25, -0.2) is 0 Å². The lowest BCUT2D eigenvalue weighted by molar-refractivity contribution is -0.384. The molecule has 0 unspecified atom stereocenters. The second-order valence-electron chi connectivity index (χ2n) is 4.69. The van der Waals surface area contributed by atoms with Crippen molar-refractivity contribution in [3.63, 3.8) is 0 Å². The van der Waals surface area contributed by atoms with E-state index in [1.807, 2.05) is 6.07 Å². The molecule has 0 fully saturated rings. The predicted molar refractivity (Wildman–Crippen MR) is 77.5 cm³/mol. The summed E-state index contributed by atoms with van der Waals surface area (Å²) in [5, 5.41) is 11.4. The lowest BCUT2D eigenvalue weighted by Crippen LogP contribution is -2.00. The van der Waals surface area contributed by atoms with E-state index in [1.54, 1.807) is 31.2 Å². The van der Waals surface area contributed by atoms with E-state index < -0.39 is 4.92 Å². The van der Waals surface area contributed by atoms with Crippen LogP contribution < -0.4 is 0 Å². The van der Waals surface area contributed by atoms with E-state index in [0.29, 0.717) is 22.1 Å². The summed E-state index contributed by atoms with van der Waals surface area (Å²) in [5.41, 5.74) is 1.58. The molecule has 0 aliphatic rings. The van der Waals surface area contributed by atoms with E-state index in [2.05, 4.69) is 0 Å². The number of furan rings is 1. The quantitative estimate of drug-likeness (QED) is 0.415. The average molecular weight is 281 g/mol. The molecule has 3 rings (SSSR count). The highest BCUT2D eigenvalue weighted by atomic mass is 16.6. The van der Waals surface area contributed by atoms with Gasteiger partial charge in [-0.3, -0.25) is 14.9 Å². The van der Waals surface area contributed by atoms with Gasteiger partial charge in [0.05, 0.1) is 4.92 Å². The van der Waals surface area contributed by atoms with Crippen LogP contribution in [-0.4, -0.2) is 10.7 Å². The first-order chi connectivity index (χ1) is 10.1. The molecule has 0 aliphatic heterocycles. The van der Waals surface area contributed by atoms with Gasteiger partial charge in [0.1, 0.15) is 5.58 Å². The van der Waals surface area contributed by atoms with Crippen molar-refractivity contribution >= 4 is 22.4 Å². The summed E-state index contributed by atoms with van der Waals surface area (Å²) in [4.78, 5) is 22.8. The Bertz CT molecular complexity index is 849. The van der Waals surface area contributed by atoms with Crippen LogP contribution in [0.3, 0.4) is 0 Å². The fourth-order valence-electron chi connectivity index (χ4n) is 2.26. The van der Waals surface area contributed by atoms with E-state index in [9.17, 15) is 14.9 Å². The number of carbonyl (C=O) groups excluding carboxylic acids is 1. The standard InChI is InChI=1S/C16H11NO4/c1-10-13-9-12(17(19)20)7-8-14(13)21-16(10)15(18)11-5-3-2-4-6-11/h2-9H,1H3. The zero-order valence-electron chi connectivity index (χ0n) is 11.2. The fraction of sp³-hybridized carbons (Fsp3) is 0.0625. The number of carbonyl (C=O) groups is 1. The van der Waals surface area contributed by atoms with Crippen LogP contribution >= 0.6 is 0 Å². The number of rotatable bonds is 3. The summed E-state index contributed by atoms with van der Waals surface area (Å²) in [6, 6.07) is 13.1. The molecule has 0 bridgehead atoms. The summed E-state index contributed by atoms with van der Waals surface area (Å²) in [6.45, 7) is 1.73. The molecule has 0 spiro atoms. The van der Waals surface area contributed by atoms with Crippen molar-refractivity contribution in [3.05, 3.63) is 75.5 Å². The molecule has 1 heterocycles. The van der Waals surface area contributed by atoms with Crippen LogP contribution in [0.5, 0.6) is 0 Å². The minimum absolute atomic E-state index is 0.0230. The normalized spacial score (nSPS) is 10.7. The first kappa shape index (κ1) is 13.1. The Hall–Kier alpha value is -2.95. The van der Waals surface area contributed by atoms with Crippen LogP contribution in [0, 0.1) is 17.0 Å². The van der Waals surface area contributed by atoms with E-state index in [-0.39, 0.29) is 17.2 Å². The highest BCUT2D eigenvalue weighted by Crippen LogP contribution is 2.30. The van der Waals surface area contributed by atoms with Crippen molar-refractivity contribution in [1.82, 2.24) is 0 Å². The summed E-state index contributed by atoms with van der Waals surface area (Å²) in [6.07, 6.45) is 0. The third kappa shape index (κ3) is 2.18. The van der Waals surface area contributed by atoms with Gasteiger partial charge in [-0.15, -0.1) is 0 Å². The van der Waals surface area contributed by atoms with Gasteiger partial charge in [-0.1, -0.05) is 30.3 Å². The lowest BCUT2D eigenvalue weighted by atomic mass is 10.0. The Morgan fingerprint density at radius 1 is 1.14 bits per heavy atom. The van der Waals surface area contributed by atoms with Gasteiger partial charge < -0.3 is 4.42 Å². The number of aryl methyl sites for hydroxylation is 1. The highest BCUT2D eigenvalue weighted by Gasteiger charge is 2.20. The van der Waals surface area contributed by atoms with Crippen molar-refractivity contribution < 1.29 is 14.1 Å². The van der Waals surface area contributed by atoms with Crippen molar-refractivity contribution in [3.8, 4) is 0 Å². The maximum atomic E-state index is 12.4. The van der Waals surface area contributed by atoms with Crippen molar-refractivity contribution in [2.45, 2.75) is 6.92 Å². The van der Waals surface area contributed by atoms with Gasteiger partial charge in [0.2, 0.25) is 5.78 Å². The molecular weight excluding hydrogens is 270 g/mol. The monoisotopic (exact) mass is 281 g/mol. The second kappa shape index (κ2) is 4.86. The van der Waals surface area contributed by atoms with Crippen molar-refractivity contribution in [1.29, 1.82) is 0 Å². The number of nitro benzene ring substituents is 1. The Morgan fingerprint density at radius 2 is 1.86 bits per heavy atom. The third-order valence-corrected chi connectivity index (χ3v) is 3.37. The Balaban J connectivity index is 2.14. The summed E-state index contributed by atoms with van der Waals surface area (Å²) in [5.74, 6) is -0.0105. The van der Waals surface area contributed by atoms with Crippen LogP contribution in [0.15, 0.2) is 52.9 Å². The van der Waals surface area contributed by atoms with Gasteiger partial charge in [-0.2, -0.15) is 0 Å². The minimum Gasteiger partial charge on any atom is -0.452 e. The lowest BCUT2D eigenvalue weighted by Gasteiger charge is -1.97. The fourth-order valence-corrected chi connectivity index (χ4v) is 2.26. The van der Waals surface area contributed by atoms with Gasteiger partial charge in [0.25, 0.3) is 5.69 Å². The van der Waals surface area contributed by atoms with Gasteiger partial charge >= 0.3 is 0 Å². The summed E-state index contributed by atoms with van der Waals surface area (Å²) >= 11 is 0. The van der Waals surface area contributed by atoms with Crippen molar-refractivity contribution in [2.75, 3.05) is 0 Å². The topological polar surface area (TPSA) is 73.3 Å². The SMILES string of the molecule is Cc1c(C(=O)c2ccccc2)oc2ccc([N+](=O)[O-])cc12. The van der Waals surface area contributed by atoms with Crippen LogP contribution in [0.25, 0.3) is 11.0 Å². The Morgan fingerprint density at radius 3 is 2.52 bits per heavy atom. The van der Waals surface area contributed by atoms with Crippen LogP contribution in [-0.2, 0) is 0 Å². The van der Waals surface area contributed by atoms with E-state index in [1.165, 1.54) is 18.2 Å². The molecule has 3 aromatic rings. The molecule has 0 radical (unpaired) electrons. The zero-order chi connectivity index (χ0) is 15.0. The van der Waals surface area contributed by atoms with Crippen LogP contribution in [0.1, 0.15) is 21.7 Å². The molecule has 2 aromatic carbocycles. The van der Waals surface area contributed by atoms with Crippen LogP contribution in [0.2, 0.25) is 0 Å². The largest absolute Gasteiger partial charge is 0.452 e. The molecule has 0 aliphatic carbocycles. The smallest absolute Gasteiger partial charge is 0.270 e. The molecule has 0 N–H and O–H groups in total. The number of ketones is 1. The predicted octanol–water partition coefficient (Wildman–Crippen LogP) is 3.88. The second-order valence-corrected chi connectivity index (χ2v) is 4.69. The molecule has 21 heavy (non-hydrogen) atoms. The number of nitro groups is 1. The van der Waals surface area contributed by atoms with Gasteiger partial charge in [0, 0.05) is 28.6 Å². The number of fused-ring (bicyclic) bond motifs is 1. The van der Waals surface area contributed by atoms with E-state index in [4.69, 9.17) is 4.42 Å². The highest BCUT2D eigenvalue weighted by molar-refractivity contribution is 6.10. The van der Waals surface area contributed by atoms with Gasteiger partial charge in [-0.05, 0) is 13.0 Å². The molecular formula is C16H11NO4. The van der Waals surface area contributed by atoms with Gasteiger partial charge in [0.15, 0.2) is 5.76 Å². The number of benzene rings is 2. The summed E-state index contributed by atoms with van der Waals surface area (Å²) < 4.78 is 5.58. The number of non-ortho nitro benzene ring substituents is 1. The number of nitrogens with zero attached hydrogens (tertiary/aromatic N) is 1. The third-order valence-electron chi connectivity index (χ3n) is 3.37. The van der Waals surface area contributed by atoms with Crippen LogP contribution in [0.4, 0.5) is 5.69 Å². The molecule has 5 nitrogen and oxygen atoms in total. The first-order valence-corrected chi connectivity index (χ1v) is 6.35. The number of hydrogen-bond acceptors (Lipinski definition) is 4. The molecule has 104 valence electrons. The minimum atomic E-state index is -0.468. The molecule has 5 heteroatoms. The van der Waals surface area contributed by atoms with E-state index in [0.717, 1.165) is 0 Å². The molecule has 1 aromatic heterocycles. The Kier molecular flexibility index (Phi) is 3.02. The van der Waals surface area contributed by atoms with E-state index >= 15 is 0 Å². The maximum Gasteiger partial charge on any atom is 0.270 e. The average Bonchev–Trinajstić information content (AvgIpc) is 2.84. The number of hydrogen-bond donors (Lipinski definition) is 0. The van der Waals surface area contributed by atoms with Crippen molar-refractivity contribution in [2.24, 2.45) is 0 Å². The Labute approximate surface area is 120 Å². The zero-order valence-corrected chi connectivity index (χ0v) is 11.2. The molecule has 0 amide bonds. The molecule has 0 saturated carbocycles. The maximum absolute atomic E-state index is 12.4. The molecule has 0 atom stereocenters.